The molecule has 1 heterocycles. The topological polar surface area (TPSA) is 44.0 Å². The van der Waals surface area contributed by atoms with Crippen molar-refractivity contribution in [2.45, 2.75) is 18.9 Å². The van der Waals surface area contributed by atoms with Crippen molar-refractivity contribution >= 4 is 0 Å². The Morgan fingerprint density at radius 3 is 2.50 bits per heavy atom. The van der Waals surface area contributed by atoms with Crippen LogP contribution in [0.2, 0.25) is 0 Å². The zero-order valence-corrected chi connectivity index (χ0v) is 6.86. The van der Waals surface area contributed by atoms with Crippen LogP contribution in [0.15, 0.2) is 22.0 Å². The minimum absolute atomic E-state index is 0.284. The second kappa shape index (κ2) is 2.33. The Morgan fingerprint density at radius 1 is 1.25 bits per heavy atom. The Labute approximate surface area is 69.1 Å². The molecule has 64 valence electrons. The number of nitrogens with zero attached hydrogens (tertiary/aromatic N) is 2. The normalized spacial score (nSPS) is 16.4. The number of aryl methyl sites for hydroxylation is 1. The SMILES string of the molecule is Cn1ccn(C2CC2)c(=O)c1=O. The third kappa shape index (κ3) is 0.995. The van der Waals surface area contributed by atoms with E-state index in [-0.39, 0.29) is 6.04 Å². The van der Waals surface area contributed by atoms with Crippen molar-refractivity contribution in [1.29, 1.82) is 0 Å². The van der Waals surface area contributed by atoms with Crippen LogP contribution in [-0.2, 0) is 7.05 Å². The highest BCUT2D eigenvalue weighted by atomic mass is 16.2. The van der Waals surface area contributed by atoms with Gasteiger partial charge in [-0.2, -0.15) is 0 Å². The second-order valence-corrected chi connectivity index (χ2v) is 3.16. The number of hydrogen-bond acceptors (Lipinski definition) is 2. The molecule has 0 spiro atoms. The molecule has 1 aliphatic carbocycles. The van der Waals surface area contributed by atoms with Gasteiger partial charge in [-0.05, 0) is 12.8 Å². The van der Waals surface area contributed by atoms with Gasteiger partial charge in [-0.1, -0.05) is 0 Å². The summed E-state index contributed by atoms with van der Waals surface area (Å²) in [4.78, 5) is 22.5. The quantitative estimate of drug-likeness (QED) is 0.546. The Kier molecular flexibility index (Phi) is 1.43. The highest BCUT2D eigenvalue weighted by molar-refractivity contribution is 4.92. The lowest BCUT2D eigenvalue weighted by Gasteiger charge is -2.02. The molecule has 0 aliphatic heterocycles. The molecule has 1 aromatic rings. The van der Waals surface area contributed by atoms with Crippen molar-refractivity contribution in [2.75, 3.05) is 0 Å². The van der Waals surface area contributed by atoms with Gasteiger partial charge in [0.25, 0.3) is 0 Å². The lowest BCUT2D eigenvalue weighted by atomic mass is 10.6. The van der Waals surface area contributed by atoms with Crippen LogP contribution in [0.4, 0.5) is 0 Å². The van der Waals surface area contributed by atoms with Crippen molar-refractivity contribution in [2.24, 2.45) is 7.05 Å². The fraction of sp³-hybridized carbons (Fsp3) is 0.500. The van der Waals surface area contributed by atoms with E-state index in [0.29, 0.717) is 0 Å². The maximum absolute atomic E-state index is 11.3. The minimum atomic E-state index is -0.440. The fourth-order valence-electron chi connectivity index (χ4n) is 1.21. The Balaban J connectivity index is 2.66. The van der Waals surface area contributed by atoms with Gasteiger partial charge in [-0.3, -0.25) is 9.59 Å². The smallest absolute Gasteiger partial charge is 0.312 e. The minimum Gasteiger partial charge on any atom is -0.312 e. The van der Waals surface area contributed by atoms with Crippen LogP contribution in [0.5, 0.6) is 0 Å². The van der Waals surface area contributed by atoms with Crippen LogP contribution >= 0.6 is 0 Å². The molecule has 2 rings (SSSR count). The lowest BCUT2D eigenvalue weighted by Crippen LogP contribution is -2.39. The first-order chi connectivity index (χ1) is 5.70. The Hall–Kier alpha value is -1.32. The van der Waals surface area contributed by atoms with E-state index in [1.807, 2.05) is 0 Å². The summed E-state index contributed by atoms with van der Waals surface area (Å²) in [5.74, 6) is 0. The molecule has 1 aliphatic rings. The first-order valence-electron chi connectivity index (χ1n) is 3.98. The van der Waals surface area contributed by atoms with E-state index < -0.39 is 11.1 Å². The number of aromatic nitrogens is 2. The van der Waals surface area contributed by atoms with Crippen LogP contribution in [0, 0.1) is 0 Å². The molecule has 0 aromatic carbocycles. The molecular formula is C8H10N2O2. The average molecular weight is 166 g/mol. The molecule has 0 radical (unpaired) electrons. The van der Waals surface area contributed by atoms with Gasteiger partial charge in [0, 0.05) is 25.5 Å². The average Bonchev–Trinajstić information content (AvgIpc) is 2.84. The molecule has 0 atom stereocenters. The molecule has 0 saturated heterocycles. The summed E-state index contributed by atoms with van der Waals surface area (Å²) in [5, 5.41) is 0. The van der Waals surface area contributed by atoms with Gasteiger partial charge in [-0.25, -0.2) is 0 Å². The third-order valence-corrected chi connectivity index (χ3v) is 2.13. The molecule has 0 amide bonds. The molecule has 4 heteroatoms. The van der Waals surface area contributed by atoms with Crippen molar-refractivity contribution in [1.82, 2.24) is 9.13 Å². The molecule has 12 heavy (non-hydrogen) atoms. The van der Waals surface area contributed by atoms with Gasteiger partial charge in [0.05, 0.1) is 0 Å². The Bertz CT molecular complexity index is 412. The van der Waals surface area contributed by atoms with Crippen LogP contribution in [0.1, 0.15) is 18.9 Å². The first-order valence-corrected chi connectivity index (χ1v) is 3.98. The zero-order chi connectivity index (χ0) is 8.72. The first kappa shape index (κ1) is 7.34. The zero-order valence-electron chi connectivity index (χ0n) is 6.86. The summed E-state index contributed by atoms with van der Waals surface area (Å²) in [6, 6.07) is 0.284. The van der Waals surface area contributed by atoms with Gasteiger partial charge in [0.2, 0.25) is 0 Å². The van der Waals surface area contributed by atoms with Gasteiger partial charge in [0.1, 0.15) is 0 Å². The Morgan fingerprint density at radius 2 is 1.92 bits per heavy atom. The summed E-state index contributed by atoms with van der Waals surface area (Å²) in [6.07, 6.45) is 5.35. The maximum Gasteiger partial charge on any atom is 0.316 e. The summed E-state index contributed by atoms with van der Waals surface area (Å²) in [7, 11) is 1.58. The van der Waals surface area contributed by atoms with E-state index in [1.165, 1.54) is 9.13 Å². The molecule has 0 N–H and O–H groups in total. The summed E-state index contributed by atoms with van der Waals surface area (Å²) >= 11 is 0. The van der Waals surface area contributed by atoms with Crippen molar-refractivity contribution in [3.05, 3.63) is 33.1 Å². The predicted octanol–water partition coefficient (Wildman–Crippen LogP) is -0.118. The highest BCUT2D eigenvalue weighted by Crippen LogP contribution is 2.32. The van der Waals surface area contributed by atoms with E-state index in [9.17, 15) is 9.59 Å². The maximum atomic E-state index is 11.3. The summed E-state index contributed by atoms with van der Waals surface area (Å²) < 4.78 is 2.84. The highest BCUT2D eigenvalue weighted by Gasteiger charge is 2.24. The molecule has 4 nitrogen and oxygen atoms in total. The fourth-order valence-corrected chi connectivity index (χ4v) is 1.21. The lowest BCUT2D eigenvalue weighted by molar-refractivity contribution is 0.660. The summed E-state index contributed by atoms with van der Waals surface area (Å²) in [5.41, 5.74) is -0.841. The standard InChI is InChI=1S/C8H10N2O2/c1-9-4-5-10(6-2-3-6)8(12)7(9)11/h4-6H,2-3H2,1H3. The van der Waals surface area contributed by atoms with E-state index in [4.69, 9.17) is 0 Å². The van der Waals surface area contributed by atoms with Gasteiger partial charge >= 0.3 is 11.1 Å². The van der Waals surface area contributed by atoms with Crippen LogP contribution in [0.25, 0.3) is 0 Å². The monoisotopic (exact) mass is 166 g/mol. The molecule has 0 bridgehead atoms. The molecule has 0 unspecified atom stereocenters. The summed E-state index contributed by atoms with van der Waals surface area (Å²) in [6.45, 7) is 0. The second-order valence-electron chi connectivity index (χ2n) is 3.16. The van der Waals surface area contributed by atoms with Crippen LogP contribution < -0.4 is 11.1 Å². The largest absolute Gasteiger partial charge is 0.316 e. The van der Waals surface area contributed by atoms with Crippen LogP contribution in [0.3, 0.4) is 0 Å². The predicted molar refractivity (Wildman–Crippen MR) is 44.2 cm³/mol. The number of rotatable bonds is 1. The number of hydrogen-bond donors (Lipinski definition) is 0. The third-order valence-electron chi connectivity index (χ3n) is 2.13. The van der Waals surface area contributed by atoms with Crippen molar-refractivity contribution in [3.63, 3.8) is 0 Å². The van der Waals surface area contributed by atoms with Crippen molar-refractivity contribution in [3.8, 4) is 0 Å². The molecule has 1 fully saturated rings. The molecule has 1 saturated carbocycles. The van der Waals surface area contributed by atoms with Gasteiger partial charge in [-0.15, -0.1) is 0 Å². The van der Waals surface area contributed by atoms with E-state index in [0.717, 1.165) is 12.8 Å². The van der Waals surface area contributed by atoms with E-state index in [2.05, 4.69) is 0 Å². The van der Waals surface area contributed by atoms with Crippen molar-refractivity contribution < 1.29 is 0 Å². The van der Waals surface area contributed by atoms with E-state index in [1.54, 1.807) is 19.4 Å². The van der Waals surface area contributed by atoms with Crippen LogP contribution in [-0.4, -0.2) is 9.13 Å². The molecule has 1 aromatic heterocycles. The van der Waals surface area contributed by atoms with Gasteiger partial charge in [0.15, 0.2) is 0 Å². The van der Waals surface area contributed by atoms with Gasteiger partial charge < -0.3 is 9.13 Å². The molecular weight excluding hydrogens is 156 g/mol. The van der Waals surface area contributed by atoms with E-state index >= 15 is 0 Å².